The van der Waals surface area contributed by atoms with Crippen LogP contribution < -0.4 is 20.7 Å². The monoisotopic (exact) mass is 419 g/mol. The van der Waals surface area contributed by atoms with E-state index in [0.717, 1.165) is 8.95 Å². The molecule has 0 fully saturated rings. The zero-order valence-corrected chi connectivity index (χ0v) is 14.0. The number of hydrogen-bond donors (Lipinski definition) is 2. The molecular formula is C12H11Br2N3O4. The van der Waals surface area contributed by atoms with Crippen molar-refractivity contribution >= 4 is 37.8 Å². The number of nitrogens with two attached hydrogens (primary N) is 1. The van der Waals surface area contributed by atoms with E-state index in [1.807, 2.05) is 5.43 Å². The Kier molecular flexibility index (Phi) is 5.21. The van der Waals surface area contributed by atoms with Crippen molar-refractivity contribution in [2.24, 2.45) is 5.84 Å². The fourth-order valence-corrected chi connectivity index (χ4v) is 2.41. The lowest BCUT2D eigenvalue weighted by molar-refractivity contribution is 0.0944. The molecule has 0 bridgehead atoms. The molecule has 1 amide bonds. The summed E-state index contributed by atoms with van der Waals surface area (Å²) in [6.07, 6.45) is 0. The molecule has 0 radical (unpaired) electrons. The number of hydrogen-bond acceptors (Lipinski definition) is 6. The molecule has 0 atom stereocenters. The summed E-state index contributed by atoms with van der Waals surface area (Å²) < 4.78 is 17.2. The molecule has 21 heavy (non-hydrogen) atoms. The maximum Gasteiger partial charge on any atom is 0.287 e. The van der Waals surface area contributed by atoms with E-state index in [4.69, 9.17) is 19.8 Å². The zero-order chi connectivity index (χ0) is 15.4. The number of carbonyl (C=O) groups is 1. The van der Waals surface area contributed by atoms with Gasteiger partial charge in [-0.2, -0.15) is 0 Å². The van der Waals surface area contributed by atoms with E-state index in [2.05, 4.69) is 37.0 Å². The average Bonchev–Trinajstić information content (AvgIpc) is 2.95. The summed E-state index contributed by atoms with van der Waals surface area (Å²) in [4.78, 5) is 11.2. The molecule has 2 rings (SSSR count). The first-order valence-electron chi connectivity index (χ1n) is 5.67. The summed E-state index contributed by atoms with van der Waals surface area (Å²) in [6, 6.07) is 4.98. The lowest BCUT2D eigenvalue weighted by Crippen LogP contribution is -2.30. The Morgan fingerprint density at radius 3 is 2.67 bits per heavy atom. The quantitative estimate of drug-likeness (QED) is 0.437. The van der Waals surface area contributed by atoms with Gasteiger partial charge in [-0.05, 0) is 44.0 Å². The van der Waals surface area contributed by atoms with Crippen LogP contribution in [0.5, 0.6) is 11.5 Å². The lowest BCUT2D eigenvalue weighted by Gasteiger charge is -2.09. The number of benzene rings is 1. The molecule has 9 heteroatoms. The predicted octanol–water partition coefficient (Wildman–Crippen LogP) is 2.39. The average molecular weight is 421 g/mol. The van der Waals surface area contributed by atoms with E-state index in [9.17, 15) is 4.79 Å². The standard InChI is InChI=1S/C12H11Br2N3O4/c1-19-10-3-8(14)11(4-7(10)13)20-5-6-2-9(17-21-6)12(18)16-15/h2-4H,5,15H2,1H3,(H,16,18). The van der Waals surface area contributed by atoms with Crippen LogP contribution in [0.25, 0.3) is 0 Å². The summed E-state index contributed by atoms with van der Waals surface area (Å²) in [7, 11) is 1.58. The van der Waals surface area contributed by atoms with Crippen molar-refractivity contribution in [3.63, 3.8) is 0 Å². The number of rotatable bonds is 5. The van der Waals surface area contributed by atoms with Gasteiger partial charge in [-0.1, -0.05) is 5.16 Å². The van der Waals surface area contributed by atoms with Gasteiger partial charge in [0.05, 0.1) is 16.1 Å². The third-order valence-electron chi connectivity index (χ3n) is 2.50. The van der Waals surface area contributed by atoms with Crippen LogP contribution in [0.3, 0.4) is 0 Å². The zero-order valence-electron chi connectivity index (χ0n) is 10.9. The molecule has 1 aromatic carbocycles. The number of carbonyl (C=O) groups excluding carboxylic acids is 1. The molecule has 0 unspecified atom stereocenters. The van der Waals surface area contributed by atoms with Crippen molar-refractivity contribution in [1.29, 1.82) is 0 Å². The van der Waals surface area contributed by atoms with Gasteiger partial charge in [-0.25, -0.2) is 5.84 Å². The lowest BCUT2D eigenvalue weighted by atomic mass is 10.3. The minimum absolute atomic E-state index is 0.0890. The van der Waals surface area contributed by atoms with Gasteiger partial charge in [0.2, 0.25) is 0 Å². The van der Waals surface area contributed by atoms with Crippen LogP contribution in [0.4, 0.5) is 0 Å². The van der Waals surface area contributed by atoms with Crippen LogP contribution in [0, 0.1) is 0 Å². The Labute approximate surface area is 137 Å². The van der Waals surface area contributed by atoms with Gasteiger partial charge >= 0.3 is 0 Å². The van der Waals surface area contributed by atoms with E-state index in [1.54, 1.807) is 19.2 Å². The molecule has 112 valence electrons. The van der Waals surface area contributed by atoms with Crippen molar-refractivity contribution in [1.82, 2.24) is 10.6 Å². The van der Waals surface area contributed by atoms with E-state index in [1.165, 1.54) is 6.07 Å². The van der Waals surface area contributed by atoms with Gasteiger partial charge in [0.25, 0.3) is 5.91 Å². The number of amides is 1. The molecule has 2 aromatic rings. The number of nitrogens with zero attached hydrogens (tertiary/aromatic N) is 1. The number of ether oxygens (including phenoxy) is 2. The number of nitrogens with one attached hydrogen (secondary N) is 1. The molecule has 1 aromatic heterocycles. The molecular weight excluding hydrogens is 410 g/mol. The summed E-state index contributed by atoms with van der Waals surface area (Å²) >= 11 is 6.75. The Morgan fingerprint density at radius 1 is 1.33 bits per heavy atom. The van der Waals surface area contributed by atoms with Gasteiger partial charge < -0.3 is 14.0 Å². The number of halogens is 2. The highest BCUT2D eigenvalue weighted by molar-refractivity contribution is 9.11. The topological polar surface area (TPSA) is 99.6 Å². The maximum atomic E-state index is 11.2. The Bertz CT molecular complexity index is 660. The third kappa shape index (κ3) is 3.74. The third-order valence-corrected chi connectivity index (χ3v) is 3.74. The SMILES string of the molecule is COc1cc(Br)c(OCc2cc(C(=O)NN)no2)cc1Br. The molecule has 3 N–H and O–H groups in total. The number of hydrazine groups is 1. The number of aromatic nitrogens is 1. The van der Waals surface area contributed by atoms with E-state index in [-0.39, 0.29) is 12.3 Å². The van der Waals surface area contributed by atoms with Crippen LogP contribution in [0.1, 0.15) is 16.2 Å². The molecule has 0 aliphatic rings. The van der Waals surface area contributed by atoms with E-state index < -0.39 is 5.91 Å². The minimum atomic E-state index is -0.529. The van der Waals surface area contributed by atoms with Crippen LogP contribution >= 0.6 is 31.9 Å². The second kappa shape index (κ2) is 6.92. The molecule has 0 aliphatic carbocycles. The van der Waals surface area contributed by atoms with Crippen LogP contribution in [0.15, 0.2) is 31.7 Å². The highest BCUT2D eigenvalue weighted by Crippen LogP contribution is 2.36. The second-order valence-electron chi connectivity index (χ2n) is 3.86. The first-order valence-corrected chi connectivity index (χ1v) is 7.26. The van der Waals surface area contributed by atoms with Crippen LogP contribution in [-0.2, 0) is 6.61 Å². The van der Waals surface area contributed by atoms with Gasteiger partial charge in [-0.15, -0.1) is 0 Å². The Balaban J connectivity index is 2.08. The van der Waals surface area contributed by atoms with Crippen LogP contribution in [0.2, 0.25) is 0 Å². The predicted molar refractivity (Wildman–Crippen MR) is 80.9 cm³/mol. The summed E-state index contributed by atoms with van der Waals surface area (Å²) in [5, 5.41) is 3.58. The molecule has 0 saturated carbocycles. The van der Waals surface area contributed by atoms with Gasteiger partial charge in [0.15, 0.2) is 11.5 Å². The maximum absolute atomic E-state index is 11.2. The van der Waals surface area contributed by atoms with E-state index in [0.29, 0.717) is 17.3 Å². The second-order valence-corrected chi connectivity index (χ2v) is 5.57. The largest absolute Gasteiger partial charge is 0.496 e. The minimum Gasteiger partial charge on any atom is -0.496 e. The number of nitrogen functional groups attached to an aromatic ring is 1. The Morgan fingerprint density at radius 2 is 2.00 bits per heavy atom. The van der Waals surface area contributed by atoms with E-state index >= 15 is 0 Å². The van der Waals surface area contributed by atoms with Crippen molar-refractivity contribution < 1.29 is 18.8 Å². The Hall–Kier alpha value is -1.58. The molecule has 0 aliphatic heterocycles. The van der Waals surface area contributed by atoms with Crippen molar-refractivity contribution in [3.05, 3.63) is 38.6 Å². The normalized spacial score (nSPS) is 10.3. The van der Waals surface area contributed by atoms with Crippen molar-refractivity contribution in [3.8, 4) is 11.5 Å². The molecule has 0 spiro atoms. The fourth-order valence-electron chi connectivity index (χ4n) is 1.49. The first-order chi connectivity index (χ1) is 10.0. The smallest absolute Gasteiger partial charge is 0.287 e. The molecule has 7 nitrogen and oxygen atoms in total. The van der Waals surface area contributed by atoms with Crippen molar-refractivity contribution in [2.45, 2.75) is 6.61 Å². The highest BCUT2D eigenvalue weighted by atomic mass is 79.9. The molecule has 0 saturated heterocycles. The van der Waals surface area contributed by atoms with Gasteiger partial charge in [0, 0.05) is 6.07 Å². The first kappa shape index (κ1) is 15.8. The summed E-state index contributed by atoms with van der Waals surface area (Å²) in [5.74, 6) is 6.14. The fraction of sp³-hybridized carbons (Fsp3) is 0.167. The van der Waals surface area contributed by atoms with Crippen LogP contribution in [-0.4, -0.2) is 18.2 Å². The highest BCUT2D eigenvalue weighted by Gasteiger charge is 2.13. The summed E-state index contributed by atoms with van der Waals surface area (Å²) in [6.45, 7) is 0.113. The van der Waals surface area contributed by atoms with Gasteiger partial charge in [-0.3, -0.25) is 10.2 Å². The summed E-state index contributed by atoms with van der Waals surface area (Å²) in [5.41, 5.74) is 2.06. The molecule has 1 heterocycles. The van der Waals surface area contributed by atoms with Crippen molar-refractivity contribution in [2.75, 3.05) is 7.11 Å². The number of methoxy groups -OCH3 is 1. The van der Waals surface area contributed by atoms with Gasteiger partial charge in [0.1, 0.15) is 18.1 Å².